The lowest BCUT2D eigenvalue weighted by molar-refractivity contribution is -0.135. The number of carbonyl (C=O) groups is 1. The van der Waals surface area contributed by atoms with Crippen LogP contribution in [0.1, 0.15) is 0 Å². The molecule has 1 aliphatic heterocycles. The minimum absolute atomic E-state index is 0.298. The first kappa shape index (κ1) is 8.61. The molecule has 0 radical (unpaired) electrons. The van der Waals surface area contributed by atoms with Gasteiger partial charge < -0.3 is 9.84 Å². The van der Waals surface area contributed by atoms with Crippen LogP contribution in [-0.2, 0) is 9.53 Å². The third-order valence-corrected chi connectivity index (χ3v) is 2.78. The van der Waals surface area contributed by atoms with Gasteiger partial charge in [0.1, 0.15) is 3.69 Å². The molecule has 1 heterocycles. The molecule has 0 bridgehead atoms. The van der Waals surface area contributed by atoms with Crippen molar-refractivity contribution in [2.45, 2.75) is 0 Å². The van der Waals surface area contributed by atoms with Gasteiger partial charge in [-0.3, -0.25) is 0 Å². The van der Waals surface area contributed by atoms with Crippen LogP contribution in [0.5, 0.6) is 0 Å². The number of aliphatic hydroxyl groups is 1. The average Bonchev–Trinajstić information content (AvgIpc) is 2.03. The van der Waals surface area contributed by atoms with E-state index in [1.165, 1.54) is 13.2 Å². The van der Waals surface area contributed by atoms with Gasteiger partial charge in [0, 0.05) is 0 Å². The monoisotopic (exact) mass is 266 g/mol. The van der Waals surface area contributed by atoms with Gasteiger partial charge >= 0.3 is 5.97 Å². The van der Waals surface area contributed by atoms with Crippen LogP contribution >= 0.6 is 20.7 Å². The second-order valence-corrected chi connectivity index (χ2v) is 4.26. The number of esters is 1. The van der Waals surface area contributed by atoms with Crippen molar-refractivity contribution < 1.29 is 14.6 Å². The van der Waals surface area contributed by atoms with E-state index < -0.39 is 26.7 Å². The molecule has 0 aromatic carbocycles. The summed E-state index contributed by atoms with van der Waals surface area (Å²) in [5.74, 6) is -0.406. The Hall–Kier alpha value is -0.490. The first-order valence-electron chi connectivity index (χ1n) is 2.90. The van der Waals surface area contributed by atoms with E-state index in [-0.39, 0.29) is 0 Å². The van der Waals surface area contributed by atoms with Gasteiger partial charge in [0.05, 0.1) is 12.7 Å². The highest BCUT2D eigenvalue weighted by atomic mass is 127. The maximum absolute atomic E-state index is 10.9. The number of hydrogen-bond donors (Lipinski definition) is 1. The van der Waals surface area contributed by atoms with Crippen molar-refractivity contribution in [3.63, 3.8) is 0 Å². The van der Waals surface area contributed by atoms with Crippen LogP contribution in [0.25, 0.3) is 0 Å². The molecular formula is C7H7IO3. The topological polar surface area (TPSA) is 46.5 Å². The summed E-state index contributed by atoms with van der Waals surface area (Å²) < 4.78 is 6.59. The molecule has 1 rings (SSSR count). The molecule has 0 saturated carbocycles. The fraction of sp³-hybridized carbons (Fsp3) is 0.143. The van der Waals surface area contributed by atoms with E-state index in [9.17, 15) is 4.79 Å². The molecule has 0 saturated heterocycles. The molecule has 0 aliphatic carbocycles. The van der Waals surface area contributed by atoms with Crippen molar-refractivity contribution in [3.8, 4) is 0 Å². The van der Waals surface area contributed by atoms with Gasteiger partial charge in [0.25, 0.3) is 0 Å². The second-order valence-electron chi connectivity index (χ2n) is 1.82. The van der Waals surface area contributed by atoms with Gasteiger partial charge in [0.2, 0.25) is 0 Å². The molecule has 0 aromatic heterocycles. The number of rotatable bonds is 1. The Morgan fingerprint density at radius 1 is 1.73 bits per heavy atom. The van der Waals surface area contributed by atoms with E-state index in [0.29, 0.717) is 9.27 Å². The van der Waals surface area contributed by atoms with Crippen molar-refractivity contribution in [2.75, 3.05) is 7.11 Å². The van der Waals surface area contributed by atoms with E-state index in [4.69, 9.17) is 5.11 Å². The quantitative estimate of drug-likeness (QED) is 0.570. The smallest absolute Gasteiger partial charge is 0.337 e. The number of aliphatic hydroxyl groups excluding tert-OH is 1. The summed E-state index contributed by atoms with van der Waals surface area (Å²) in [4.78, 5) is 10.9. The minimum atomic E-state index is -0.406. The fourth-order valence-electron chi connectivity index (χ4n) is 0.617. The zero-order chi connectivity index (χ0) is 8.27. The van der Waals surface area contributed by atoms with Crippen molar-refractivity contribution in [3.05, 3.63) is 21.8 Å². The maximum atomic E-state index is 10.9. The summed E-state index contributed by atoms with van der Waals surface area (Å²) in [5, 5.41) is 9.05. The molecule has 11 heavy (non-hydrogen) atoms. The lowest BCUT2D eigenvalue weighted by atomic mass is 10.2. The van der Waals surface area contributed by atoms with E-state index in [0.717, 1.165) is 0 Å². The van der Waals surface area contributed by atoms with Crippen LogP contribution in [0.4, 0.5) is 0 Å². The molecule has 3 nitrogen and oxygen atoms in total. The summed E-state index contributed by atoms with van der Waals surface area (Å²) in [7, 11) is 1.32. The zero-order valence-corrected chi connectivity index (χ0v) is 8.03. The molecule has 0 fully saturated rings. The Morgan fingerprint density at radius 2 is 2.45 bits per heavy atom. The molecule has 1 aliphatic rings. The van der Waals surface area contributed by atoms with Crippen molar-refractivity contribution in [1.29, 1.82) is 0 Å². The minimum Gasteiger partial charge on any atom is -0.465 e. The van der Waals surface area contributed by atoms with E-state index >= 15 is 0 Å². The normalized spacial score (nSPS) is 16.2. The molecule has 4 heteroatoms. The van der Waals surface area contributed by atoms with Crippen molar-refractivity contribution in [1.82, 2.24) is 0 Å². The van der Waals surface area contributed by atoms with Crippen LogP contribution in [0.2, 0.25) is 0 Å². The van der Waals surface area contributed by atoms with Crippen LogP contribution in [0.15, 0.2) is 21.8 Å². The number of hydrogen-bond acceptors (Lipinski definition) is 3. The lowest BCUT2D eigenvalue weighted by Crippen LogP contribution is -2.05. The summed E-state index contributed by atoms with van der Waals surface area (Å²) >= 11 is -0.399. The highest BCUT2D eigenvalue weighted by Gasteiger charge is 2.07. The summed E-state index contributed by atoms with van der Waals surface area (Å²) in [6.07, 6.45) is 3.14. The Kier molecular flexibility index (Phi) is 2.95. The van der Waals surface area contributed by atoms with Gasteiger partial charge in [-0.25, -0.2) is 4.79 Å². The Morgan fingerprint density at radius 3 is 3.00 bits per heavy atom. The number of carbonyl (C=O) groups excluding carboxylic acids is 1. The third-order valence-electron chi connectivity index (χ3n) is 1.11. The molecule has 0 unspecified atom stereocenters. The summed E-state index contributed by atoms with van der Waals surface area (Å²) in [6.45, 7) is 0. The first-order chi connectivity index (χ1) is 5.24. The molecule has 0 amide bonds. The predicted molar refractivity (Wildman–Crippen MR) is 50.2 cm³/mol. The van der Waals surface area contributed by atoms with Crippen LogP contribution in [0, 0.1) is 0 Å². The lowest BCUT2D eigenvalue weighted by Gasteiger charge is -2.01. The van der Waals surface area contributed by atoms with Crippen molar-refractivity contribution >= 4 is 30.4 Å². The Labute approximate surface area is 74.1 Å². The predicted octanol–water partition coefficient (Wildman–Crippen LogP) is 1.09. The zero-order valence-electron chi connectivity index (χ0n) is 5.87. The summed E-state index contributed by atoms with van der Waals surface area (Å²) in [5.41, 5.74) is 0.413. The van der Waals surface area contributed by atoms with Gasteiger partial charge in [-0.2, -0.15) is 0 Å². The van der Waals surface area contributed by atoms with E-state index in [1.54, 1.807) is 6.08 Å². The number of halogens is 1. The Balaban J connectivity index is 2.84. The number of methoxy groups -OCH3 is 1. The maximum Gasteiger partial charge on any atom is 0.337 e. The molecule has 1 N–H and O–H groups in total. The largest absolute Gasteiger partial charge is 0.465 e. The molecule has 0 aromatic rings. The van der Waals surface area contributed by atoms with Gasteiger partial charge in [-0.1, -0.05) is 20.7 Å². The van der Waals surface area contributed by atoms with Crippen molar-refractivity contribution in [2.24, 2.45) is 0 Å². The Bertz CT molecular complexity index is 263. The summed E-state index contributed by atoms with van der Waals surface area (Å²) in [6, 6.07) is 0. The van der Waals surface area contributed by atoms with E-state index in [2.05, 4.69) is 4.74 Å². The van der Waals surface area contributed by atoms with Gasteiger partial charge in [-0.15, -0.1) is 0 Å². The van der Waals surface area contributed by atoms with E-state index in [1.807, 2.05) is 4.08 Å². The molecule has 60 valence electrons. The van der Waals surface area contributed by atoms with Gasteiger partial charge in [-0.05, 0) is 16.2 Å². The average molecular weight is 266 g/mol. The van der Waals surface area contributed by atoms with Gasteiger partial charge in [0.15, 0.2) is 0 Å². The number of ether oxygens (including phenoxy) is 1. The second kappa shape index (κ2) is 3.77. The highest BCUT2D eigenvalue weighted by molar-refractivity contribution is 14.2. The third kappa shape index (κ3) is 2.23. The standard InChI is InChI=1S/C7H7IO3/c1-11-7(10)5-2-3-8-6(9)4-5/h2-4,9H,1H3. The van der Waals surface area contributed by atoms with Crippen LogP contribution < -0.4 is 0 Å². The molecule has 0 spiro atoms. The van der Waals surface area contributed by atoms with Crippen LogP contribution in [-0.4, -0.2) is 21.9 Å². The van der Waals surface area contributed by atoms with Crippen LogP contribution in [0.3, 0.4) is 0 Å². The molecule has 0 atom stereocenters. The SMILES string of the molecule is COC(=O)C1=CC(O)=IC=C1. The first-order valence-corrected chi connectivity index (χ1v) is 5.22. The fourth-order valence-corrected chi connectivity index (χ4v) is 2.07. The molecular weight excluding hydrogens is 259 g/mol. The highest BCUT2D eigenvalue weighted by Crippen LogP contribution is 2.14.